The van der Waals surface area contributed by atoms with E-state index in [0.717, 1.165) is 11.2 Å². The molecule has 1 saturated carbocycles. The van der Waals surface area contributed by atoms with E-state index in [1.807, 2.05) is 12.3 Å². The molecule has 0 aliphatic heterocycles. The van der Waals surface area contributed by atoms with E-state index in [2.05, 4.69) is 42.8 Å². The maximum atomic E-state index is 10.7. The highest BCUT2D eigenvalue weighted by Gasteiger charge is 2.28. The third-order valence-corrected chi connectivity index (χ3v) is 4.18. The number of fused-ring (bicyclic) bond motifs is 1. The van der Waals surface area contributed by atoms with Crippen LogP contribution in [0, 0.1) is 5.92 Å². The van der Waals surface area contributed by atoms with E-state index in [1.54, 1.807) is 0 Å². The van der Waals surface area contributed by atoms with Crippen molar-refractivity contribution in [2.75, 3.05) is 10.6 Å². The first kappa shape index (κ1) is 15.4. The Kier molecular flexibility index (Phi) is 3.71. The molecule has 25 heavy (non-hydrogen) atoms. The van der Waals surface area contributed by atoms with E-state index in [0.29, 0.717) is 29.4 Å². The normalized spacial score (nSPS) is 15.2. The van der Waals surface area contributed by atoms with Crippen LogP contribution in [0.3, 0.4) is 0 Å². The first-order valence-corrected chi connectivity index (χ1v) is 8.09. The molecule has 0 unspecified atom stereocenters. The third kappa shape index (κ3) is 3.37. The van der Waals surface area contributed by atoms with Crippen LogP contribution in [0.5, 0.6) is 0 Å². The van der Waals surface area contributed by atoms with Crippen molar-refractivity contribution in [3.63, 3.8) is 0 Å². The molecule has 4 N–H and O–H groups in total. The second kappa shape index (κ2) is 6.04. The maximum Gasteiger partial charge on any atom is 0.325 e. The fourth-order valence-corrected chi connectivity index (χ4v) is 2.72. The lowest BCUT2D eigenvalue weighted by atomic mass is 10.2. The average molecular weight is 342 g/mol. The molecule has 0 aromatic carbocycles. The monoisotopic (exact) mass is 342 g/mol. The number of aromatic nitrogens is 6. The predicted molar refractivity (Wildman–Crippen MR) is 90.6 cm³/mol. The van der Waals surface area contributed by atoms with Crippen LogP contribution in [0.25, 0.3) is 11.0 Å². The van der Waals surface area contributed by atoms with Gasteiger partial charge in [-0.15, -0.1) is 5.10 Å². The van der Waals surface area contributed by atoms with Gasteiger partial charge in [0.15, 0.2) is 5.82 Å². The van der Waals surface area contributed by atoms with Crippen LogP contribution < -0.4 is 10.6 Å². The summed E-state index contributed by atoms with van der Waals surface area (Å²) in [4.78, 5) is 22.8. The highest BCUT2D eigenvalue weighted by atomic mass is 16.4. The number of nitrogens with zero attached hydrogens (tertiary/aromatic N) is 5. The molecular formula is C15H18N8O2. The number of rotatable bonds is 7. The number of H-pyrrole nitrogens is 1. The highest BCUT2D eigenvalue weighted by Crippen LogP contribution is 2.34. The molecule has 10 heteroatoms. The van der Waals surface area contributed by atoms with Crippen molar-refractivity contribution in [2.24, 2.45) is 5.92 Å². The molecule has 1 fully saturated rings. The average Bonchev–Trinajstić information content (AvgIpc) is 3.16. The molecule has 4 rings (SSSR count). The Bertz CT molecular complexity index is 913. The van der Waals surface area contributed by atoms with Crippen LogP contribution in [0.15, 0.2) is 18.5 Å². The molecular weight excluding hydrogens is 324 g/mol. The first-order chi connectivity index (χ1) is 12.1. The third-order valence-electron chi connectivity index (χ3n) is 4.18. The molecule has 0 spiro atoms. The summed E-state index contributed by atoms with van der Waals surface area (Å²) < 4.78 is 1.23. The number of carbonyl (C=O) groups is 1. The van der Waals surface area contributed by atoms with Gasteiger partial charge in [-0.05, 0) is 31.7 Å². The minimum absolute atomic E-state index is 0.253. The van der Waals surface area contributed by atoms with Crippen LogP contribution in [0.4, 0.5) is 17.6 Å². The molecule has 10 nitrogen and oxygen atoms in total. The molecule has 3 heterocycles. The quantitative estimate of drug-likeness (QED) is 0.508. The molecule has 130 valence electrons. The Morgan fingerprint density at radius 3 is 3.08 bits per heavy atom. The van der Waals surface area contributed by atoms with Crippen molar-refractivity contribution in [3.05, 3.63) is 18.5 Å². The molecule has 1 atom stereocenters. The lowest BCUT2D eigenvalue weighted by Crippen LogP contribution is -2.18. The van der Waals surface area contributed by atoms with Gasteiger partial charge >= 0.3 is 5.97 Å². The number of anilines is 3. The molecule has 3 aromatic heterocycles. The second-order valence-electron chi connectivity index (χ2n) is 6.23. The summed E-state index contributed by atoms with van der Waals surface area (Å²) in [5.74, 6) is 1.21. The topological polar surface area (TPSA) is 134 Å². The summed E-state index contributed by atoms with van der Waals surface area (Å²) >= 11 is 0. The van der Waals surface area contributed by atoms with E-state index in [9.17, 15) is 4.79 Å². The number of carboxylic acid groups (broad SMARTS) is 1. The number of carboxylic acids is 1. The number of hydrogen-bond acceptors (Lipinski definition) is 7. The summed E-state index contributed by atoms with van der Waals surface area (Å²) in [6.07, 6.45) is 5.80. The Balaban J connectivity index is 1.58. The van der Waals surface area contributed by atoms with Crippen molar-refractivity contribution in [1.29, 1.82) is 0 Å². The summed E-state index contributed by atoms with van der Waals surface area (Å²) in [5, 5.41) is 23.8. The lowest BCUT2D eigenvalue weighted by Gasteiger charge is -2.15. The summed E-state index contributed by atoms with van der Waals surface area (Å²) in [6, 6.07) is 2.28. The molecule has 0 radical (unpaired) electrons. The van der Waals surface area contributed by atoms with E-state index >= 15 is 0 Å². The van der Waals surface area contributed by atoms with E-state index < -0.39 is 5.97 Å². The van der Waals surface area contributed by atoms with Crippen LogP contribution in [-0.4, -0.2) is 47.1 Å². The van der Waals surface area contributed by atoms with Crippen molar-refractivity contribution in [1.82, 2.24) is 29.9 Å². The molecule has 3 aromatic rings. The van der Waals surface area contributed by atoms with Gasteiger partial charge in [0.1, 0.15) is 18.0 Å². The van der Waals surface area contributed by atoms with Gasteiger partial charge in [-0.25, -0.2) is 4.68 Å². The van der Waals surface area contributed by atoms with Crippen LogP contribution in [-0.2, 0) is 11.3 Å². The largest absolute Gasteiger partial charge is 0.480 e. The maximum absolute atomic E-state index is 10.7. The van der Waals surface area contributed by atoms with E-state index in [1.165, 1.54) is 23.7 Å². The minimum Gasteiger partial charge on any atom is -0.480 e. The van der Waals surface area contributed by atoms with E-state index in [4.69, 9.17) is 5.11 Å². The molecule has 0 amide bonds. The van der Waals surface area contributed by atoms with Gasteiger partial charge in [-0.1, -0.05) is 5.21 Å². The van der Waals surface area contributed by atoms with Crippen molar-refractivity contribution in [2.45, 2.75) is 32.4 Å². The van der Waals surface area contributed by atoms with Gasteiger partial charge in [0.05, 0.1) is 11.6 Å². The zero-order valence-corrected chi connectivity index (χ0v) is 13.6. The van der Waals surface area contributed by atoms with Crippen molar-refractivity contribution < 1.29 is 9.90 Å². The molecule has 1 aliphatic carbocycles. The van der Waals surface area contributed by atoms with Crippen LogP contribution >= 0.6 is 0 Å². The molecule has 0 bridgehead atoms. The van der Waals surface area contributed by atoms with Gasteiger partial charge < -0.3 is 20.7 Å². The Hall–Kier alpha value is -3.17. The number of hydrogen-bond donors (Lipinski definition) is 4. The molecule has 0 saturated heterocycles. The Labute approximate surface area is 142 Å². The fourth-order valence-electron chi connectivity index (χ4n) is 2.72. The number of aromatic amines is 1. The van der Waals surface area contributed by atoms with Gasteiger partial charge in [-0.3, -0.25) is 4.79 Å². The summed E-state index contributed by atoms with van der Waals surface area (Å²) in [6.45, 7) is 1.90. The minimum atomic E-state index is -0.985. The zero-order valence-electron chi connectivity index (χ0n) is 13.6. The Morgan fingerprint density at radius 1 is 1.48 bits per heavy atom. The summed E-state index contributed by atoms with van der Waals surface area (Å²) in [5.41, 5.74) is 0.709. The van der Waals surface area contributed by atoms with E-state index in [-0.39, 0.29) is 6.54 Å². The smallest absolute Gasteiger partial charge is 0.325 e. The summed E-state index contributed by atoms with van der Waals surface area (Å²) in [7, 11) is 0. The Morgan fingerprint density at radius 2 is 2.32 bits per heavy atom. The number of nitrogens with one attached hydrogen (secondary N) is 3. The second-order valence-corrected chi connectivity index (χ2v) is 6.23. The van der Waals surface area contributed by atoms with Crippen LogP contribution in [0.2, 0.25) is 0 Å². The first-order valence-electron chi connectivity index (χ1n) is 8.09. The highest BCUT2D eigenvalue weighted by molar-refractivity contribution is 5.88. The predicted octanol–water partition coefficient (Wildman–Crippen LogP) is 1.59. The molecule has 1 aliphatic rings. The van der Waals surface area contributed by atoms with Gasteiger partial charge in [0, 0.05) is 12.2 Å². The standard InChI is InChI=1S/C15H18N8O2/c1-8(9-2-3-9)17-14-10-4-5-16-13(10)19-15(20-14)18-11-6-23(22-21-11)7-12(24)25/h4-6,8-9H,2-3,7H2,1H3,(H,24,25)(H3,16,17,18,19,20)/t8-/m0/s1. The van der Waals surface area contributed by atoms with Crippen molar-refractivity contribution >= 4 is 34.6 Å². The van der Waals surface area contributed by atoms with Gasteiger partial charge in [-0.2, -0.15) is 9.97 Å². The van der Waals surface area contributed by atoms with Gasteiger partial charge in [0.2, 0.25) is 5.95 Å². The van der Waals surface area contributed by atoms with Crippen LogP contribution in [0.1, 0.15) is 19.8 Å². The lowest BCUT2D eigenvalue weighted by molar-refractivity contribution is -0.137. The fraction of sp³-hybridized carbons (Fsp3) is 0.400. The SMILES string of the molecule is C[C@H](Nc1nc(Nc2cn(CC(=O)O)nn2)nc2[nH]ccc12)C1CC1. The zero-order chi connectivity index (χ0) is 17.4. The van der Waals surface area contributed by atoms with Crippen molar-refractivity contribution in [3.8, 4) is 0 Å². The number of aliphatic carboxylic acids is 1. The van der Waals surface area contributed by atoms with Gasteiger partial charge in [0.25, 0.3) is 0 Å².